The van der Waals surface area contributed by atoms with E-state index in [2.05, 4.69) is 19.9 Å². The van der Waals surface area contributed by atoms with Crippen LogP contribution in [0.4, 0.5) is 0 Å². The van der Waals surface area contributed by atoms with Crippen molar-refractivity contribution in [2.75, 3.05) is 19.8 Å². The number of rotatable bonds is 14. The minimum Gasteiger partial charge on any atom is -0.494 e. The fraction of sp³-hybridized carbons (Fsp3) is 0.733. The zero-order valence-electron chi connectivity index (χ0n) is 22.3. The maximum absolute atomic E-state index is 12.9. The van der Waals surface area contributed by atoms with Crippen LogP contribution in [0.3, 0.4) is 0 Å². The van der Waals surface area contributed by atoms with Crippen LogP contribution in [0, 0.1) is 35.0 Å². The molecule has 1 saturated carbocycles. The fourth-order valence-corrected chi connectivity index (χ4v) is 5.25. The summed E-state index contributed by atoms with van der Waals surface area (Å²) in [5, 5.41) is 9.79. The van der Waals surface area contributed by atoms with Crippen LogP contribution >= 0.6 is 0 Å². The lowest BCUT2D eigenvalue weighted by atomic mass is 9.74. The highest BCUT2D eigenvalue weighted by Gasteiger charge is 2.41. The maximum atomic E-state index is 12.9. The monoisotopic (exact) mass is 499 g/mol. The van der Waals surface area contributed by atoms with Crippen LogP contribution in [0.1, 0.15) is 90.9 Å². The van der Waals surface area contributed by atoms with E-state index < -0.39 is 5.92 Å². The Kier molecular flexibility index (Phi) is 12.6. The Bertz CT molecular complexity index is 797. The molecule has 6 heteroatoms. The third-order valence-electron chi connectivity index (χ3n) is 7.51. The van der Waals surface area contributed by atoms with Crippen LogP contribution in [0.5, 0.6) is 11.5 Å². The second-order valence-corrected chi connectivity index (χ2v) is 10.5. The molecule has 2 aliphatic rings. The van der Waals surface area contributed by atoms with Gasteiger partial charge in [0.1, 0.15) is 11.5 Å². The van der Waals surface area contributed by atoms with Crippen LogP contribution in [-0.2, 0) is 14.3 Å². The van der Waals surface area contributed by atoms with E-state index in [0.29, 0.717) is 31.1 Å². The van der Waals surface area contributed by atoms with Gasteiger partial charge in [-0.3, -0.25) is 4.79 Å². The molecule has 0 aromatic heterocycles. The van der Waals surface area contributed by atoms with Gasteiger partial charge in [0, 0.05) is 11.8 Å². The number of nitriles is 1. The van der Waals surface area contributed by atoms with Gasteiger partial charge in [-0.2, -0.15) is 5.26 Å². The molecule has 0 bridgehead atoms. The van der Waals surface area contributed by atoms with Gasteiger partial charge in [0.2, 0.25) is 0 Å². The van der Waals surface area contributed by atoms with Crippen molar-refractivity contribution in [3.05, 3.63) is 24.3 Å². The zero-order chi connectivity index (χ0) is 25.6. The first-order valence-electron chi connectivity index (χ1n) is 14.2. The Labute approximate surface area is 217 Å². The molecule has 3 unspecified atom stereocenters. The Balaban J connectivity index is 1.40. The molecule has 1 heterocycles. The molecule has 1 aliphatic carbocycles. The molecule has 36 heavy (non-hydrogen) atoms. The van der Waals surface area contributed by atoms with Crippen molar-refractivity contribution in [2.45, 2.75) is 97.2 Å². The minimum atomic E-state index is -0.421. The van der Waals surface area contributed by atoms with E-state index in [1.807, 2.05) is 12.1 Å². The first-order valence-corrected chi connectivity index (χ1v) is 14.2. The summed E-state index contributed by atoms with van der Waals surface area (Å²) in [7, 11) is 0. The quantitative estimate of drug-likeness (QED) is 0.155. The van der Waals surface area contributed by atoms with Gasteiger partial charge in [0.25, 0.3) is 0 Å². The van der Waals surface area contributed by atoms with Crippen LogP contribution in [-0.4, -0.2) is 32.1 Å². The summed E-state index contributed by atoms with van der Waals surface area (Å²) >= 11 is 0. The Hall–Kier alpha value is -2.10. The maximum Gasteiger partial charge on any atom is 0.315 e. The predicted molar refractivity (Wildman–Crippen MR) is 140 cm³/mol. The van der Waals surface area contributed by atoms with Gasteiger partial charge >= 0.3 is 5.97 Å². The highest BCUT2D eigenvalue weighted by atomic mass is 16.7. The van der Waals surface area contributed by atoms with Crippen LogP contribution in [0.15, 0.2) is 24.3 Å². The lowest BCUT2D eigenvalue weighted by molar-refractivity contribution is -0.231. The summed E-state index contributed by atoms with van der Waals surface area (Å²) in [5.41, 5.74) is 0. The summed E-state index contributed by atoms with van der Waals surface area (Å²) in [6, 6.07) is 9.54. The Morgan fingerprint density at radius 2 is 1.61 bits per heavy atom. The zero-order valence-corrected chi connectivity index (χ0v) is 22.3. The van der Waals surface area contributed by atoms with Crippen molar-refractivity contribution in [3.8, 4) is 17.6 Å². The van der Waals surface area contributed by atoms with Gasteiger partial charge in [-0.05, 0) is 56.4 Å². The molecule has 0 radical (unpaired) electrons. The Morgan fingerprint density at radius 3 is 2.31 bits per heavy atom. The van der Waals surface area contributed by atoms with Crippen molar-refractivity contribution in [1.29, 1.82) is 5.26 Å². The average Bonchev–Trinajstić information content (AvgIpc) is 2.91. The minimum absolute atomic E-state index is 0.147. The van der Waals surface area contributed by atoms with Gasteiger partial charge in [0.15, 0.2) is 6.29 Å². The number of unbranched alkanes of at least 4 members (excludes halogenated alkanes) is 6. The summed E-state index contributed by atoms with van der Waals surface area (Å²) in [6.07, 6.45) is 12.6. The van der Waals surface area contributed by atoms with Crippen LogP contribution < -0.4 is 9.47 Å². The fourth-order valence-electron chi connectivity index (χ4n) is 5.25. The van der Waals surface area contributed by atoms with Crippen molar-refractivity contribution in [2.24, 2.45) is 23.7 Å². The molecular formula is C30H45NO5. The molecule has 1 saturated heterocycles. The second-order valence-electron chi connectivity index (χ2n) is 10.5. The molecule has 0 amide bonds. The lowest BCUT2D eigenvalue weighted by Gasteiger charge is -2.38. The second kappa shape index (κ2) is 15.9. The van der Waals surface area contributed by atoms with E-state index in [0.717, 1.165) is 38.2 Å². The number of benzene rings is 1. The molecule has 1 aliphatic heterocycles. The smallest absolute Gasteiger partial charge is 0.315 e. The van der Waals surface area contributed by atoms with Gasteiger partial charge in [-0.1, -0.05) is 58.8 Å². The van der Waals surface area contributed by atoms with Crippen molar-refractivity contribution in [1.82, 2.24) is 0 Å². The first-order chi connectivity index (χ1) is 17.6. The number of hydrogen-bond acceptors (Lipinski definition) is 6. The molecule has 3 rings (SSSR count). The summed E-state index contributed by atoms with van der Waals surface area (Å²) in [4.78, 5) is 12.9. The normalized spacial score (nSPS) is 26.2. The molecule has 0 N–H and O–H groups in total. The molecule has 6 nitrogen and oxygen atoms in total. The Morgan fingerprint density at radius 1 is 0.944 bits per heavy atom. The van der Waals surface area contributed by atoms with Gasteiger partial charge < -0.3 is 18.9 Å². The number of carbonyl (C=O) groups is 1. The SMILES string of the molecule is CCCCCCCOc1ccc(OC(=O)C2CCC(C3OCC(CCCCC)CO3)CC2C#N)cc1. The third kappa shape index (κ3) is 9.09. The third-order valence-corrected chi connectivity index (χ3v) is 7.51. The molecule has 2 fully saturated rings. The topological polar surface area (TPSA) is 77.8 Å². The van der Waals surface area contributed by atoms with E-state index in [1.165, 1.54) is 44.9 Å². The molecule has 1 aromatic carbocycles. The van der Waals surface area contributed by atoms with E-state index in [-0.39, 0.29) is 24.1 Å². The summed E-state index contributed by atoms with van der Waals surface area (Å²) in [5.74, 6) is 0.743. The largest absolute Gasteiger partial charge is 0.494 e. The number of esters is 1. The summed E-state index contributed by atoms with van der Waals surface area (Å²) in [6.45, 7) is 6.58. The van der Waals surface area contributed by atoms with Crippen LogP contribution in [0.25, 0.3) is 0 Å². The highest BCUT2D eigenvalue weighted by molar-refractivity contribution is 5.76. The molecular weight excluding hydrogens is 454 g/mol. The van der Waals surface area contributed by atoms with Gasteiger partial charge in [-0.25, -0.2) is 0 Å². The van der Waals surface area contributed by atoms with E-state index in [4.69, 9.17) is 18.9 Å². The van der Waals surface area contributed by atoms with Crippen molar-refractivity contribution < 1.29 is 23.7 Å². The van der Waals surface area contributed by atoms with E-state index in [9.17, 15) is 10.1 Å². The highest BCUT2D eigenvalue weighted by Crippen LogP contribution is 2.38. The van der Waals surface area contributed by atoms with E-state index >= 15 is 0 Å². The standard InChI is InChI=1S/C30H45NO5/c1-3-5-7-8-10-18-33-26-13-15-27(16-14-26)36-29(32)28-17-12-24(19-25(28)20-31)30-34-21-23(22-35-30)11-9-6-4-2/h13-16,23-25,28,30H,3-12,17-19,21-22H2,1-2H3. The molecule has 1 aromatic rings. The number of carbonyl (C=O) groups excluding carboxylic acids is 1. The van der Waals surface area contributed by atoms with Crippen molar-refractivity contribution >= 4 is 5.97 Å². The summed E-state index contributed by atoms with van der Waals surface area (Å²) < 4.78 is 23.5. The molecule has 3 atom stereocenters. The number of hydrogen-bond donors (Lipinski definition) is 0. The predicted octanol–water partition coefficient (Wildman–Crippen LogP) is 7.07. The van der Waals surface area contributed by atoms with Crippen molar-refractivity contribution in [3.63, 3.8) is 0 Å². The number of ether oxygens (including phenoxy) is 4. The number of nitrogens with zero attached hydrogens (tertiary/aromatic N) is 1. The first kappa shape index (κ1) is 28.5. The lowest BCUT2D eigenvalue weighted by Crippen LogP contribution is -2.42. The van der Waals surface area contributed by atoms with Gasteiger partial charge in [-0.15, -0.1) is 0 Å². The van der Waals surface area contributed by atoms with E-state index in [1.54, 1.807) is 12.1 Å². The average molecular weight is 500 g/mol. The van der Waals surface area contributed by atoms with Gasteiger partial charge in [0.05, 0.1) is 37.7 Å². The molecule has 200 valence electrons. The molecule has 0 spiro atoms. The van der Waals surface area contributed by atoms with Crippen LogP contribution in [0.2, 0.25) is 0 Å².